The van der Waals surface area contributed by atoms with Crippen LogP contribution in [0, 0.1) is 11.8 Å². The molecule has 1 saturated carbocycles. The lowest BCUT2D eigenvalue weighted by molar-refractivity contribution is -0.178. The van der Waals surface area contributed by atoms with Crippen molar-refractivity contribution < 1.29 is 18.0 Å². The summed E-state index contributed by atoms with van der Waals surface area (Å²) in [5, 5.41) is 2.35. The molecule has 2 nitrogen and oxygen atoms in total. The van der Waals surface area contributed by atoms with Gasteiger partial charge in [-0.05, 0) is 19.3 Å². The van der Waals surface area contributed by atoms with Crippen LogP contribution in [0.5, 0.6) is 0 Å². The minimum Gasteiger partial charge on any atom is -0.353 e. The first-order valence-electron chi connectivity index (χ1n) is 4.19. The number of hydrogen-bond acceptors (Lipinski definition) is 1. The molecule has 1 aliphatic carbocycles. The zero-order valence-corrected chi connectivity index (χ0v) is 7.48. The third-order valence-corrected chi connectivity index (χ3v) is 2.32. The lowest BCUT2D eigenvalue weighted by Gasteiger charge is -2.14. The van der Waals surface area contributed by atoms with Crippen LogP contribution in [0.1, 0.15) is 20.3 Å². The number of carbonyl (C=O) groups excluding carboxylic acids is 1. The maximum absolute atomic E-state index is 12.0. The number of halogens is 3. The van der Waals surface area contributed by atoms with Crippen molar-refractivity contribution >= 4 is 5.91 Å². The quantitative estimate of drug-likeness (QED) is 0.714. The van der Waals surface area contributed by atoms with Crippen LogP contribution in [0.4, 0.5) is 13.2 Å². The fourth-order valence-electron chi connectivity index (χ4n) is 0.980. The Morgan fingerprint density at radius 3 is 2.31 bits per heavy atom. The first-order chi connectivity index (χ1) is 5.82. The Hall–Kier alpha value is -0.740. The van der Waals surface area contributed by atoms with Gasteiger partial charge in [-0.25, -0.2) is 0 Å². The average Bonchev–Trinajstić information content (AvgIpc) is 2.63. The summed E-state index contributed by atoms with van der Waals surface area (Å²) in [7, 11) is 0. The molecule has 1 N–H and O–H groups in total. The van der Waals surface area contributed by atoms with Crippen LogP contribution in [0.25, 0.3) is 0 Å². The first kappa shape index (κ1) is 10.3. The fourth-order valence-corrected chi connectivity index (χ4v) is 0.980. The zero-order valence-electron chi connectivity index (χ0n) is 7.48. The van der Waals surface area contributed by atoms with Gasteiger partial charge in [0, 0.05) is 6.04 Å². The van der Waals surface area contributed by atoms with E-state index in [2.05, 4.69) is 5.32 Å². The van der Waals surface area contributed by atoms with Crippen LogP contribution in [0.15, 0.2) is 0 Å². The molecule has 3 unspecified atom stereocenters. The summed E-state index contributed by atoms with van der Waals surface area (Å²) < 4.78 is 36.0. The lowest BCUT2D eigenvalue weighted by Crippen LogP contribution is -2.38. The van der Waals surface area contributed by atoms with Gasteiger partial charge in [0.25, 0.3) is 0 Å². The average molecular weight is 195 g/mol. The van der Waals surface area contributed by atoms with Crippen LogP contribution in [0.3, 0.4) is 0 Å². The van der Waals surface area contributed by atoms with E-state index in [1.165, 1.54) is 0 Å². The lowest BCUT2D eigenvalue weighted by atomic mass is 10.1. The molecule has 5 heteroatoms. The first-order valence-corrected chi connectivity index (χ1v) is 4.19. The highest BCUT2D eigenvalue weighted by molar-refractivity contribution is 5.79. The minimum atomic E-state index is -4.43. The van der Waals surface area contributed by atoms with E-state index < -0.39 is 18.0 Å². The van der Waals surface area contributed by atoms with Crippen molar-refractivity contribution in [2.75, 3.05) is 0 Å². The topological polar surface area (TPSA) is 29.1 Å². The van der Waals surface area contributed by atoms with E-state index in [4.69, 9.17) is 0 Å². The number of rotatable bonds is 2. The van der Waals surface area contributed by atoms with Crippen molar-refractivity contribution in [3.05, 3.63) is 0 Å². The molecule has 0 radical (unpaired) electrons. The Bertz CT molecular complexity index is 214. The third-order valence-electron chi connectivity index (χ3n) is 2.32. The Balaban J connectivity index is 2.39. The largest absolute Gasteiger partial charge is 0.400 e. The van der Waals surface area contributed by atoms with Gasteiger partial charge in [0.2, 0.25) is 5.91 Å². The van der Waals surface area contributed by atoms with Gasteiger partial charge >= 0.3 is 6.18 Å². The van der Waals surface area contributed by atoms with Crippen LogP contribution in [-0.2, 0) is 4.79 Å². The van der Waals surface area contributed by atoms with E-state index in [1.807, 2.05) is 6.92 Å². The number of carbonyl (C=O) groups is 1. The van der Waals surface area contributed by atoms with Gasteiger partial charge in [0.1, 0.15) is 5.92 Å². The second-order valence-corrected chi connectivity index (χ2v) is 3.59. The van der Waals surface area contributed by atoms with Gasteiger partial charge in [-0.1, -0.05) is 6.92 Å². The van der Waals surface area contributed by atoms with Crippen molar-refractivity contribution in [1.29, 1.82) is 0 Å². The second-order valence-electron chi connectivity index (χ2n) is 3.59. The molecule has 0 aromatic carbocycles. The highest BCUT2D eigenvalue weighted by atomic mass is 19.4. The molecule has 1 fully saturated rings. The van der Waals surface area contributed by atoms with Gasteiger partial charge < -0.3 is 5.32 Å². The molecule has 0 heterocycles. The molecule has 13 heavy (non-hydrogen) atoms. The fraction of sp³-hybridized carbons (Fsp3) is 0.875. The van der Waals surface area contributed by atoms with E-state index in [-0.39, 0.29) is 6.04 Å². The highest BCUT2D eigenvalue weighted by Crippen LogP contribution is 2.31. The minimum absolute atomic E-state index is 0.0442. The normalized spacial score (nSPS) is 29.6. The van der Waals surface area contributed by atoms with Crippen molar-refractivity contribution in [2.45, 2.75) is 32.5 Å². The molecule has 0 aromatic rings. The molecule has 0 saturated heterocycles. The Kier molecular flexibility index (Phi) is 2.54. The van der Waals surface area contributed by atoms with Crippen LogP contribution in [-0.4, -0.2) is 18.1 Å². The van der Waals surface area contributed by atoms with Gasteiger partial charge in [-0.2, -0.15) is 13.2 Å². The van der Waals surface area contributed by atoms with E-state index in [0.29, 0.717) is 5.92 Å². The van der Waals surface area contributed by atoms with Crippen molar-refractivity contribution in [1.82, 2.24) is 5.32 Å². The Morgan fingerprint density at radius 2 is 2.00 bits per heavy atom. The Labute approximate surface area is 74.5 Å². The monoisotopic (exact) mass is 195 g/mol. The summed E-state index contributed by atoms with van der Waals surface area (Å²) in [5.74, 6) is -2.49. The van der Waals surface area contributed by atoms with Crippen LogP contribution < -0.4 is 5.32 Å². The molecule has 1 rings (SSSR count). The summed E-state index contributed by atoms with van der Waals surface area (Å²) >= 11 is 0. The molecular formula is C8H12F3NO. The van der Waals surface area contributed by atoms with Crippen molar-refractivity contribution in [3.63, 3.8) is 0 Å². The molecule has 0 aromatic heterocycles. The van der Waals surface area contributed by atoms with Gasteiger partial charge in [0.15, 0.2) is 0 Å². The molecule has 76 valence electrons. The van der Waals surface area contributed by atoms with Crippen molar-refractivity contribution in [2.24, 2.45) is 11.8 Å². The molecule has 0 spiro atoms. The van der Waals surface area contributed by atoms with Gasteiger partial charge in [-0.3, -0.25) is 4.79 Å². The molecule has 3 atom stereocenters. The number of nitrogens with one attached hydrogen (secondary N) is 1. The SMILES string of the molecule is CC1CC1NC(=O)C(C)C(F)(F)F. The summed E-state index contributed by atoms with van der Waals surface area (Å²) in [4.78, 5) is 11.0. The van der Waals surface area contributed by atoms with Crippen LogP contribution >= 0.6 is 0 Å². The molecule has 0 aliphatic heterocycles. The van der Waals surface area contributed by atoms with E-state index >= 15 is 0 Å². The predicted molar refractivity (Wildman–Crippen MR) is 40.9 cm³/mol. The van der Waals surface area contributed by atoms with Crippen molar-refractivity contribution in [3.8, 4) is 0 Å². The van der Waals surface area contributed by atoms with E-state index in [9.17, 15) is 18.0 Å². The summed E-state index contributed by atoms with van der Waals surface area (Å²) in [5.41, 5.74) is 0. The standard InChI is InChI=1S/C8H12F3NO/c1-4-3-6(4)12-7(13)5(2)8(9,10)11/h4-6H,3H2,1-2H3,(H,12,13). The van der Waals surface area contributed by atoms with E-state index in [1.54, 1.807) is 0 Å². The molecular weight excluding hydrogens is 183 g/mol. The molecule has 0 bridgehead atoms. The van der Waals surface area contributed by atoms with Crippen LogP contribution in [0.2, 0.25) is 0 Å². The van der Waals surface area contributed by atoms with E-state index in [0.717, 1.165) is 13.3 Å². The summed E-state index contributed by atoms with van der Waals surface area (Å²) in [6, 6.07) is -0.0442. The third kappa shape index (κ3) is 2.60. The number of hydrogen-bond donors (Lipinski definition) is 1. The summed E-state index contributed by atoms with van der Waals surface area (Å²) in [6.45, 7) is 2.77. The van der Waals surface area contributed by atoms with Gasteiger partial charge in [-0.15, -0.1) is 0 Å². The van der Waals surface area contributed by atoms with Gasteiger partial charge in [0.05, 0.1) is 0 Å². The second kappa shape index (κ2) is 3.20. The predicted octanol–water partition coefficient (Wildman–Crippen LogP) is 1.71. The maximum atomic E-state index is 12.0. The smallest absolute Gasteiger partial charge is 0.353 e. The Morgan fingerprint density at radius 1 is 1.54 bits per heavy atom. The zero-order chi connectivity index (χ0) is 10.2. The number of amides is 1. The maximum Gasteiger partial charge on any atom is 0.400 e. The molecule has 1 aliphatic rings. The molecule has 1 amide bonds. The number of alkyl halides is 3. The highest BCUT2D eigenvalue weighted by Gasteiger charge is 2.43. The summed E-state index contributed by atoms with van der Waals surface area (Å²) in [6.07, 6.45) is -3.64.